The minimum Gasteiger partial charge on any atom is -0.493 e. The first-order chi connectivity index (χ1) is 8.85. The van der Waals surface area contributed by atoms with E-state index in [1.165, 1.54) is 18.9 Å². The minimum atomic E-state index is -0.331. The number of methoxy groups -OCH3 is 1. The molecule has 0 heterocycles. The van der Waals surface area contributed by atoms with Gasteiger partial charge in [0.1, 0.15) is 0 Å². The summed E-state index contributed by atoms with van der Waals surface area (Å²) in [6.45, 7) is 6.10. The average molecular weight is 279 g/mol. The van der Waals surface area contributed by atoms with E-state index >= 15 is 0 Å². The van der Waals surface area contributed by atoms with E-state index in [9.17, 15) is 4.79 Å². The second-order valence-electron chi connectivity index (χ2n) is 4.85. The molecule has 0 spiro atoms. The van der Waals surface area contributed by atoms with Crippen molar-refractivity contribution in [2.45, 2.75) is 25.5 Å². The summed E-state index contributed by atoms with van der Waals surface area (Å²) in [6, 6.07) is 6.70. The van der Waals surface area contributed by atoms with Crippen molar-refractivity contribution < 1.29 is 14.3 Å². The number of nitrogens with zero attached hydrogens (tertiary/aromatic N) is 1. The number of rotatable bonds is 4. The molecule has 1 aromatic rings. The smallest absolute Gasteiger partial charge is 0.321 e. The van der Waals surface area contributed by atoms with Gasteiger partial charge < -0.3 is 9.47 Å². The number of ether oxygens (including phenoxy) is 2. The van der Waals surface area contributed by atoms with Crippen molar-refractivity contribution in [1.29, 1.82) is 5.26 Å². The fourth-order valence-corrected chi connectivity index (χ4v) is 1.86. The highest BCUT2D eigenvalue weighted by atomic mass is 32.2. The molecule has 4 nitrogen and oxygen atoms in total. The quantitative estimate of drug-likeness (QED) is 0.626. The molecule has 102 valence electrons. The van der Waals surface area contributed by atoms with Crippen LogP contribution in [0.4, 0.5) is 0 Å². The van der Waals surface area contributed by atoms with Gasteiger partial charge in [0.05, 0.1) is 24.5 Å². The van der Waals surface area contributed by atoms with Crippen molar-refractivity contribution in [2.24, 2.45) is 0 Å². The molecule has 0 bridgehead atoms. The molecule has 1 rings (SSSR count). The third-order valence-corrected chi connectivity index (χ3v) is 3.39. The van der Waals surface area contributed by atoms with Crippen LogP contribution in [0.2, 0.25) is 0 Å². The molecule has 0 N–H and O–H groups in total. The fraction of sp³-hybridized carbons (Fsp3) is 0.429. The molecule has 0 aliphatic rings. The molecule has 0 amide bonds. The normalized spacial score (nSPS) is 10.7. The SMILES string of the molecule is COc1cc(C#N)ccc1OC(=O)CSC(C)(C)C. The van der Waals surface area contributed by atoms with Crippen LogP contribution < -0.4 is 9.47 Å². The molecule has 0 radical (unpaired) electrons. The lowest BCUT2D eigenvalue weighted by molar-refractivity contribution is -0.131. The van der Waals surface area contributed by atoms with Crippen molar-refractivity contribution in [1.82, 2.24) is 0 Å². The second kappa shape index (κ2) is 6.48. The van der Waals surface area contributed by atoms with Crippen LogP contribution in [0.15, 0.2) is 18.2 Å². The van der Waals surface area contributed by atoms with Crippen molar-refractivity contribution in [3.63, 3.8) is 0 Å². The highest BCUT2D eigenvalue weighted by Gasteiger charge is 2.16. The van der Waals surface area contributed by atoms with Gasteiger partial charge in [-0.15, -0.1) is 11.8 Å². The Bertz CT molecular complexity index is 500. The maximum atomic E-state index is 11.7. The predicted octanol–water partition coefficient (Wildman–Crippen LogP) is 3.00. The summed E-state index contributed by atoms with van der Waals surface area (Å²) in [5.41, 5.74) is 0.459. The molecule has 0 aliphatic heterocycles. The molecule has 0 fully saturated rings. The molecular formula is C14H17NO3S. The molecule has 0 unspecified atom stereocenters. The Labute approximate surface area is 117 Å². The number of hydrogen-bond acceptors (Lipinski definition) is 5. The molecule has 0 saturated carbocycles. The second-order valence-corrected chi connectivity index (χ2v) is 6.65. The van der Waals surface area contributed by atoms with Gasteiger partial charge >= 0.3 is 5.97 Å². The van der Waals surface area contributed by atoms with E-state index in [2.05, 4.69) is 0 Å². The summed E-state index contributed by atoms with van der Waals surface area (Å²) in [5, 5.41) is 8.79. The van der Waals surface area contributed by atoms with Gasteiger partial charge in [0, 0.05) is 10.8 Å². The Kier molecular flexibility index (Phi) is 5.25. The van der Waals surface area contributed by atoms with E-state index in [-0.39, 0.29) is 16.5 Å². The topological polar surface area (TPSA) is 59.3 Å². The number of esters is 1. The summed E-state index contributed by atoms with van der Waals surface area (Å²) in [7, 11) is 1.47. The molecule has 0 saturated heterocycles. The van der Waals surface area contributed by atoms with Crippen molar-refractivity contribution in [2.75, 3.05) is 12.9 Å². The average Bonchev–Trinajstić information content (AvgIpc) is 2.36. The van der Waals surface area contributed by atoms with Gasteiger partial charge in [-0.1, -0.05) is 20.8 Å². The zero-order valence-corrected chi connectivity index (χ0v) is 12.3. The van der Waals surface area contributed by atoms with Crippen LogP contribution in [-0.4, -0.2) is 23.6 Å². The number of nitriles is 1. The maximum Gasteiger partial charge on any atom is 0.321 e. The molecule has 0 aromatic heterocycles. The van der Waals surface area contributed by atoms with E-state index in [1.807, 2.05) is 26.8 Å². The van der Waals surface area contributed by atoms with Crippen molar-refractivity contribution >= 4 is 17.7 Å². The standard InChI is InChI=1S/C14H17NO3S/c1-14(2,3)19-9-13(16)18-11-6-5-10(8-15)7-12(11)17-4/h5-7H,9H2,1-4H3. The Hall–Kier alpha value is -1.67. The monoisotopic (exact) mass is 279 g/mol. The molecule has 1 aromatic carbocycles. The number of carbonyl (C=O) groups is 1. The number of hydrogen-bond donors (Lipinski definition) is 0. The first kappa shape index (κ1) is 15.4. The summed E-state index contributed by atoms with van der Waals surface area (Å²) in [4.78, 5) is 11.7. The minimum absolute atomic E-state index is 0.00771. The van der Waals surface area contributed by atoms with Crippen LogP contribution in [0.25, 0.3) is 0 Å². The van der Waals surface area contributed by atoms with Gasteiger partial charge in [-0.25, -0.2) is 0 Å². The summed E-state index contributed by atoms with van der Waals surface area (Å²) >= 11 is 1.51. The molecule has 0 atom stereocenters. The molecular weight excluding hydrogens is 262 g/mol. The van der Waals surface area contributed by atoms with Crippen LogP contribution in [0.3, 0.4) is 0 Å². The third kappa shape index (κ3) is 5.23. The lowest BCUT2D eigenvalue weighted by Gasteiger charge is -2.17. The van der Waals surface area contributed by atoms with E-state index < -0.39 is 0 Å². The van der Waals surface area contributed by atoms with Crippen LogP contribution >= 0.6 is 11.8 Å². The van der Waals surface area contributed by atoms with E-state index in [4.69, 9.17) is 14.7 Å². The van der Waals surface area contributed by atoms with E-state index in [0.717, 1.165) is 0 Å². The van der Waals surface area contributed by atoms with Crippen molar-refractivity contribution in [3.8, 4) is 17.6 Å². The fourth-order valence-electron chi connectivity index (χ4n) is 1.25. The lowest BCUT2D eigenvalue weighted by Crippen LogP contribution is -2.17. The Morgan fingerprint density at radius 1 is 1.37 bits per heavy atom. The first-order valence-corrected chi connectivity index (χ1v) is 6.77. The van der Waals surface area contributed by atoms with Gasteiger partial charge in [0.25, 0.3) is 0 Å². The third-order valence-electron chi connectivity index (χ3n) is 2.14. The van der Waals surface area contributed by atoms with Crippen LogP contribution in [0.5, 0.6) is 11.5 Å². The Morgan fingerprint density at radius 2 is 2.05 bits per heavy atom. The summed E-state index contributed by atoms with van der Waals surface area (Å²) in [5.74, 6) is 0.657. The number of thioether (sulfide) groups is 1. The Morgan fingerprint density at radius 3 is 2.58 bits per heavy atom. The highest BCUT2D eigenvalue weighted by Crippen LogP contribution is 2.29. The van der Waals surface area contributed by atoms with Crippen LogP contribution in [0.1, 0.15) is 26.3 Å². The largest absolute Gasteiger partial charge is 0.493 e. The van der Waals surface area contributed by atoms with Gasteiger partial charge in [-0.2, -0.15) is 5.26 Å². The molecule has 0 aliphatic carbocycles. The highest BCUT2D eigenvalue weighted by molar-refractivity contribution is 8.01. The van der Waals surface area contributed by atoms with Crippen LogP contribution in [-0.2, 0) is 4.79 Å². The van der Waals surface area contributed by atoms with Gasteiger partial charge in [-0.3, -0.25) is 4.79 Å². The van der Waals surface area contributed by atoms with Gasteiger partial charge in [-0.05, 0) is 12.1 Å². The van der Waals surface area contributed by atoms with Gasteiger partial charge in [0.15, 0.2) is 11.5 Å². The number of benzene rings is 1. The zero-order chi connectivity index (χ0) is 14.5. The Balaban J connectivity index is 2.72. The van der Waals surface area contributed by atoms with Crippen LogP contribution in [0, 0.1) is 11.3 Å². The summed E-state index contributed by atoms with van der Waals surface area (Å²) < 4.78 is 10.3. The molecule has 5 heteroatoms. The summed E-state index contributed by atoms with van der Waals surface area (Å²) in [6.07, 6.45) is 0. The lowest BCUT2D eigenvalue weighted by atomic mass is 10.2. The number of carbonyl (C=O) groups excluding carboxylic acids is 1. The zero-order valence-electron chi connectivity index (χ0n) is 11.5. The van der Waals surface area contributed by atoms with E-state index in [1.54, 1.807) is 18.2 Å². The van der Waals surface area contributed by atoms with E-state index in [0.29, 0.717) is 17.1 Å². The molecule has 19 heavy (non-hydrogen) atoms. The van der Waals surface area contributed by atoms with Gasteiger partial charge in [0.2, 0.25) is 0 Å². The maximum absolute atomic E-state index is 11.7. The first-order valence-electron chi connectivity index (χ1n) is 5.78. The van der Waals surface area contributed by atoms with Crippen molar-refractivity contribution in [3.05, 3.63) is 23.8 Å². The predicted molar refractivity (Wildman–Crippen MR) is 75.6 cm³/mol.